The van der Waals surface area contributed by atoms with Crippen LogP contribution < -0.4 is 10.6 Å². The Labute approximate surface area is 191 Å². The number of aryl methyl sites for hydroxylation is 1. The number of rotatable bonds is 6. The molecule has 0 fully saturated rings. The van der Waals surface area contributed by atoms with Gasteiger partial charge in [0.05, 0.1) is 5.52 Å². The molecule has 2 heterocycles. The maximum absolute atomic E-state index is 12.7. The van der Waals surface area contributed by atoms with Crippen molar-refractivity contribution in [1.29, 1.82) is 0 Å². The van der Waals surface area contributed by atoms with Crippen LogP contribution in [-0.2, 0) is 6.54 Å². The Morgan fingerprint density at radius 1 is 0.970 bits per heavy atom. The first-order chi connectivity index (χ1) is 16.1. The van der Waals surface area contributed by atoms with Crippen LogP contribution in [0.1, 0.15) is 16.1 Å². The van der Waals surface area contributed by atoms with E-state index in [1.54, 1.807) is 10.6 Å². The summed E-state index contributed by atoms with van der Waals surface area (Å²) in [5.74, 6) is 0.0523. The highest BCUT2D eigenvalue weighted by molar-refractivity contribution is 5.97. The summed E-state index contributed by atoms with van der Waals surface area (Å²) in [6.07, 6.45) is 1.89. The van der Waals surface area contributed by atoms with E-state index in [4.69, 9.17) is 0 Å². The Bertz CT molecular complexity index is 1470. The van der Waals surface area contributed by atoms with E-state index in [9.17, 15) is 9.90 Å². The number of para-hydroxylation sites is 1. The molecule has 0 spiro atoms. The van der Waals surface area contributed by atoms with Crippen LogP contribution in [0.3, 0.4) is 0 Å². The molecule has 0 aliphatic carbocycles. The van der Waals surface area contributed by atoms with Gasteiger partial charge in [0, 0.05) is 58.1 Å². The van der Waals surface area contributed by atoms with Crippen molar-refractivity contribution in [2.24, 2.45) is 0 Å². The number of pyridine rings is 1. The lowest BCUT2D eigenvalue weighted by Crippen LogP contribution is -2.27. The van der Waals surface area contributed by atoms with Gasteiger partial charge in [0.2, 0.25) is 0 Å². The van der Waals surface area contributed by atoms with E-state index >= 15 is 0 Å². The van der Waals surface area contributed by atoms with Crippen LogP contribution in [0.15, 0.2) is 85.1 Å². The highest BCUT2D eigenvalue weighted by atomic mass is 16.3. The van der Waals surface area contributed by atoms with Crippen molar-refractivity contribution in [3.05, 3.63) is 96.3 Å². The third-order valence-electron chi connectivity index (χ3n) is 5.65. The first kappa shape index (κ1) is 20.6. The van der Waals surface area contributed by atoms with E-state index in [1.807, 2.05) is 85.9 Å². The summed E-state index contributed by atoms with van der Waals surface area (Å²) >= 11 is 0. The lowest BCUT2D eigenvalue weighted by molar-refractivity contribution is 0.0952. The fourth-order valence-corrected chi connectivity index (χ4v) is 4.06. The number of aromatic nitrogens is 2. The predicted molar refractivity (Wildman–Crippen MR) is 132 cm³/mol. The first-order valence-corrected chi connectivity index (χ1v) is 10.9. The van der Waals surface area contributed by atoms with E-state index in [0.29, 0.717) is 18.7 Å². The number of aromatic hydroxyl groups is 1. The quantitative estimate of drug-likeness (QED) is 0.334. The van der Waals surface area contributed by atoms with Crippen LogP contribution in [0, 0.1) is 6.92 Å². The fourth-order valence-electron chi connectivity index (χ4n) is 4.06. The van der Waals surface area contributed by atoms with Gasteiger partial charge in [-0.05, 0) is 43.3 Å². The molecule has 2 aromatic heterocycles. The van der Waals surface area contributed by atoms with Gasteiger partial charge in [-0.1, -0.05) is 42.5 Å². The SMILES string of the molecule is Cc1cc(Nc2cccc(C(=O)NCCn3cc4ccccc4c3O)c2)c2ccccc2n1. The summed E-state index contributed by atoms with van der Waals surface area (Å²) in [6, 6.07) is 25.1. The highest BCUT2D eigenvalue weighted by Crippen LogP contribution is 2.27. The average molecular weight is 437 g/mol. The fraction of sp³-hybridized carbons (Fsp3) is 0.111. The zero-order chi connectivity index (χ0) is 22.8. The zero-order valence-electron chi connectivity index (χ0n) is 18.2. The normalized spacial score (nSPS) is 11.1. The Kier molecular flexibility index (Phi) is 5.40. The van der Waals surface area contributed by atoms with Crippen LogP contribution in [0.5, 0.6) is 5.88 Å². The molecular formula is C27H24N4O2. The Balaban J connectivity index is 1.28. The molecule has 0 aliphatic rings. The third-order valence-corrected chi connectivity index (χ3v) is 5.65. The first-order valence-electron chi connectivity index (χ1n) is 10.9. The standard InChI is InChI=1S/C27H24N4O2/c1-18-15-25(23-11-4-5-12-24(23)29-18)30-21-9-6-8-19(16-21)26(32)28-13-14-31-17-20-7-2-3-10-22(20)27(31)33/h2-12,15-17,33H,13-14H2,1H3,(H,28,32)(H,29,30). The number of fused-ring (bicyclic) bond motifs is 2. The van der Waals surface area contributed by atoms with Gasteiger partial charge in [0.15, 0.2) is 5.88 Å². The molecule has 0 saturated carbocycles. The van der Waals surface area contributed by atoms with Crippen molar-refractivity contribution >= 4 is 39.0 Å². The summed E-state index contributed by atoms with van der Waals surface area (Å²) in [5.41, 5.74) is 4.19. The van der Waals surface area contributed by atoms with Crippen molar-refractivity contribution in [3.63, 3.8) is 0 Å². The largest absolute Gasteiger partial charge is 0.494 e. The Hall–Kier alpha value is -4.32. The Morgan fingerprint density at radius 3 is 2.61 bits per heavy atom. The highest BCUT2D eigenvalue weighted by Gasteiger charge is 2.10. The lowest BCUT2D eigenvalue weighted by atomic mass is 10.1. The number of carbonyl (C=O) groups excluding carboxylic acids is 1. The molecule has 0 radical (unpaired) electrons. The number of anilines is 2. The topological polar surface area (TPSA) is 79.2 Å². The number of carbonyl (C=O) groups is 1. The summed E-state index contributed by atoms with van der Waals surface area (Å²) < 4.78 is 1.75. The average Bonchev–Trinajstić information content (AvgIpc) is 3.14. The van der Waals surface area contributed by atoms with Crippen LogP contribution in [0.2, 0.25) is 0 Å². The van der Waals surface area contributed by atoms with E-state index in [-0.39, 0.29) is 11.8 Å². The van der Waals surface area contributed by atoms with E-state index < -0.39 is 0 Å². The molecule has 33 heavy (non-hydrogen) atoms. The lowest BCUT2D eigenvalue weighted by Gasteiger charge is -2.12. The van der Waals surface area contributed by atoms with Gasteiger partial charge >= 0.3 is 0 Å². The number of hydrogen-bond donors (Lipinski definition) is 3. The van der Waals surface area contributed by atoms with Crippen LogP contribution >= 0.6 is 0 Å². The molecule has 0 saturated heterocycles. The molecule has 1 amide bonds. The molecule has 0 aliphatic heterocycles. The number of hydrogen-bond acceptors (Lipinski definition) is 4. The minimum atomic E-state index is -0.161. The molecule has 5 rings (SSSR count). The van der Waals surface area contributed by atoms with Crippen molar-refractivity contribution in [1.82, 2.24) is 14.9 Å². The van der Waals surface area contributed by atoms with E-state index in [2.05, 4.69) is 15.6 Å². The molecule has 3 N–H and O–H groups in total. The third kappa shape index (κ3) is 4.23. The number of benzene rings is 3. The molecule has 3 aromatic carbocycles. The summed E-state index contributed by atoms with van der Waals surface area (Å²) in [5, 5.41) is 19.6. The molecular weight excluding hydrogens is 412 g/mol. The smallest absolute Gasteiger partial charge is 0.251 e. The number of nitrogens with one attached hydrogen (secondary N) is 2. The van der Waals surface area contributed by atoms with Crippen LogP contribution in [0.25, 0.3) is 21.7 Å². The van der Waals surface area contributed by atoms with Crippen molar-refractivity contribution in [2.45, 2.75) is 13.5 Å². The number of amides is 1. The minimum absolute atomic E-state index is 0.161. The summed E-state index contributed by atoms with van der Waals surface area (Å²) in [6.45, 7) is 2.85. The van der Waals surface area contributed by atoms with E-state index in [1.165, 1.54) is 0 Å². The maximum atomic E-state index is 12.7. The van der Waals surface area contributed by atoms with Gasteiger partial charge in [0.25, 0.3) is 5.91 Å². The molecule has 0 bridgehead atoms. The van der Waals surface area contributed by atoms with Gasteiger partial charge in [-0.3, -0.25) is 9.78 Å². The maximum Gasteiger partial charge on any atom is 0.251 e. The second-order valence-corrected chi connectivity index (χ2v) is 8.02. The van der Waals surface area contributed by atoms with E-state index in [0.717, 1.165) is 38.7 Å². The molecule has 164 valence electrons. The van der Waals surface area contributed by atoms with Crippen LogP contribution in [-0.4, -0.2) is 27.1 Å². The van der Waals surface area contributed by atoms with Gasteiger partial charge in [-0.15, -0.1) is 0 Å². The molecule has 0 unspecified atom stereocenters. The summed E-state index contributed by atoms with van der Waals surface area (Å²) in [4.78, 5) is 17.3. The van der Waals surface area contributed by atoms with Crippen molar-refractivity contribution in [3.8, 4) is 5.88 Å². The summed E-state index contributed by atoms with van der Waals surface area (Å²) in [7, 11) is 0. The van der Waals surface area contributed by atoms with Crippen molar-refractivity contribution < 1.29 is 9.90 Å². The Morgan fingerprint density at radius 2 is 1.76 bits per heavy atom. The van der Waals surface area contributed by atoms with Crippen LogP contribution in [0.4, 0.5) is 11.4 Å². The molecule has 5 aromatic rings. The van der Waals surface area contributed by atoms with Crippen molar-refractivity contribution in [2.75, 3.05) is 11.9 Å². The zero-order valence-corrected chi connectivity index (χ0v) is 18.2. The molecule has 6 nitrogen and oxygen atoms in total. The molecule has 6 heteroatoms. The van der Waals surface area contributed by atoms with Gasteiger partial charge < -0.3 is 20.3 Å². The second-order valence-electron chi connectivity index (χ2n) is 8.02. The van der Waals surface area contributed by atoms with Gasteiger partial charge in [0.1, 0.15) is 0 Å². The monoisotopic (exact) mass is 436 g/mol. The second kappa shape index (κ2) is 8.67. The van der Waals surface area contributed by atoms with Gasteiger partial charge in [-0.25, -0.2) is 0 Å². The predicted octanol–water partition coefficient (Wildman–Crippen LogP) is 5.38. The minimum Gasteiger partial charge on any atom is -0.494 e. The molecule has 0 atom stereocenters. The van der Waals surface area contributed by atoms with Gasteiger partial charge in [-0.2, -0.15) is 0 Å². The number of nitrogens with zero attached hydrogens (tertiary/aromatic N) is 2.